The lowest BCUT2D eigenvalue weighted by Crippen LogP contribution is -2.19. The summed E-state index contributed by atoms with van der Waals surface area (Å²) in [6, 6.07) is 4.52. The average Bonchev–Trinajstić information content (AvgIpc) is 2.80. The van der Waals surface area contributed by atoms with E-state index in [-0.39, 0.29) is 11.1 Å². The van der Waals surface area contributed by atoms with Crippen LogP contribution in [-0.4, -0.2) is 14.8 Å². The number of hydrogen-bond acceptors (Lipinski definition) is 3. The number of nitrogens with zero attached hydrogens (tertiary/aromatic N) is 3. The van der Waals surface area contributed by atoms with Crippen LogP contribution >= 0.6 is 11.6 Å². The van der Waals surface area contributed by atoms with Gasteiger partial charge < -0.3 is 5.73 Å². The Balaban J connectivity index is 2.23. The lowest BCUT2D eigenvalue weighted by molar-refractivity contribution is 0.488. The molecule has 1 atom stereocenters. The predicted molar refractivity (Wildman–Crippen MR) is 72.4 cm³/mol. The number of benzene rings is 1. The van der Waals surface area contributed by atoms with E-state index in [1.165, 1.54) is 12.4 Å². The smallest absolute Gasteiger partial charge is 0.146 e. The standard InChI is InChI=1S/C13H16ClFN4/c1-8(2)19-12(17-7-18-19)6-11(16)9-4-3-5-10(14)13(9)15/h3-5,7-8,11H,6,16H2,1-2H3. The Hall–Kier alpha value is -1.46. The van der Waals surface area contributed by atoms with E-state index in [9.17, 15) is 4.39 Å². The monoisotopic (exact) mass is 282 g/mol. The van der Waals surface area contributed by atoms with Crippen LogP contribution in [0.4, 0.5) is 4.39 Å². The van der Waals surface area contributed by atoms with Gasteiger partial charge in [0.1, 0.15) is 18.0 Å². The number of nitrogens with two attached hydrogens (primary N) is 1. The van der Waals surface area contributed by atoms with Gasteiger partial charge in [-0.1, -0.05) is 23.7 Å². The lowest BCUT2D eigenvalue weighted by atomic mass is 10.0. The van der Waals surface area contributed by atoms with Gasteiger partial charge in [-0.25, -0.2) is 14.1 Å². The van der Waals surface area contributed by atoms with Gasteiger partial charge in [-0.2, -0.15) is 5.10 Å². The van der Waals surface area contributed by atoms with E-state index in [0.29, 0.717) is 12.0 Å². The van der Waals surface area contributed by atoms with Crippen molar-refractivity contribution in [3.8, 4) is 0 Å². The van der Waals surface area contributed by atoms with Crippen LogP contribution < -0.4 is 5.73 Å². The van der Waals surface area contributed by atoms with Crippen LogP contribution in [0.1, 0.15) is 37.3 Å². The minimum atomic E-state index is -0.500. The quantitative estimate of drug-likeness (QED) is 0.938. The largest absolute Gasteiger partial charge is 0.323 e. The molecule has 0 aliphatic carbocycles. The van der Waals surface area contributed by atoms with Gasteiger partial charge in [0, 0.05) is 24.1 Å². The van der Waals surface area contributed by atoms with Crippen molar-refractivity contribution in [2.75, 3.05) is 0 Å². The number of halogens is 2. The minimum Gasteiger partial charge on any atom is -0.323 e. The van der Waals surface area contributed by atoms with Gasteiger partial charge in [-0.3, -0.25) is 0 Å². The molecule has 0 aliphatic heterocycles. The molecule has 0 fully saturated rings. The van der Waals surface area contributed by atoms with E-state index in [2.05, 4.69) is 10.1 Å². The van der Waals surface area contributed by atoms with Crippen molar-refractivity contribution < 1.29 is 4.39 Å². The second-order valence-corrected chi connectivity index (χ2v) is 5.08. The molecule has 0 aliphatic rings. The van der Waals surface area contributed by atoms with Crippen LogP contribution in [0.2, 0.25) is 5.02 Å². The molecule has 1 unspecified atom stereocenters. The Morgan fingerprint density at radius 1 is 1.42 bits per heavy atom. The van der Waals surface area contributed by atoms with E-state index < -0.39 is 11.9 Å². The van der Waals surface area contributed by atoms with Gasteiger partial charge in [0.2, 0.25) is 0 Å². The summed E-state index contributed by atoms with van der Waals surface area (Å²) in [7, 11) is 0. The van der Waals surface area contributed by atoms with Gasteiger partial charge in [0.25, 0.3) is 0 Å². The molecule has 2 N–H and O–H groups in total. The molecule has 1 aromatic carbocycles. The van der Waals surface area contributed by atoms with Gasteiger partial charge >= 0.3 is 0 Å². The molecule has 1 heterocycles. The van der Waals surface area contributed by atoms with Crippen molar-refractivity contribution >= 4 is 11.6 Å². The maximum Gasteiger partial charge on any atom is 0.146 e. The first-order chi connectivity index (χ1) is 9.00. The third-order valence-electron chi connectivity index (χ3n) is 2.92. The van der Waals surface area contributed by atoms with E-state index >= 15 is 0 Å². The van der Waals surface area contributed by atoms with E-state index in [4.69, 9.17) is 17.3 Å². The molecule has 2 aromatic rings. The molecule has 0 bridgehead atoms. The second-order valence-electron chi connectivity index (χ2n) is 4.67. The fourth-order valence-electron chi connectivity index (χ4n) is 1.97. The predicted octanol–water partition coefficient (Wildman–Crippen LogP) is 2.89. The summed E-state index contributed by atoms with van der Waals surface area (Å²) in [5.74, 6) is 0.272. The molecule has 0 saturated carbocycles. The second kappa shape index (κ2) is 5.67. The average molecular weight is 283 g/mol. The molecule has 0 spiro atoms. The molecule has 0 radical (unpaired) electrons. The Morgan fingerprint density at radius 3 is 2.84 bits per heavy atom. The highest BCUT2D eigenvalue weighted by atomic mass is 35.5. The van der Waals surface area contributed by atoms with Crippen molar-refractivity contribution in [1.29, 1.82) is 0 Å². The maximum atomic E-state index is 13.9. The van der Waals surface area contributed by atoms with Gasteiger partial charge in [0.05, 0.1) is 5.02 Å². The summed E-state index contributed by atoms with van der Waals surface area (Å²) in [4.78, 5) is 4.17. The highest BCUT2D eigenvalue weighted by molar-refractivity contribution is 6.30. The van der Waals surface area contributed by atoms with E-state index in [1.807, 2.05) is 13.8 Å². The van der Waals surface area contributed by atoms with Crippen LogP contribution in [0.25, 0.3) is 0 Å². The molecule has 2 rings (SSSR count). The third-order valence-corrected chi connectivity index (χ3v) is 3.21. The van der Waals surface area contributed by atoms with Crippen molar-refractivity contribution in [2.45, 2.75) is 32.4 Å². The Morgan fingerprint density at radius 2 is 2.16 bits per heavy atom. The summed E-state index contributed by atoms with van der Waals surface area (Å²) in [5.41, 5.74) is 6.44. The first-order valence-electron chi connectivity index (χ1n) is 6.08. The fraction of sp³-hybridized carbons (Fsp3) is 0.385. The molecular weight excluding hydrogens is 267 g/mol. The Kier molecular flexibility index (Phi) is 4.17. The van der Waals surface area contributed by atoms with Crippen LogP contribution in [0.5, 0.6) is 0 Å². The minimum absolute atomic E-state index is 0.0817. The van der Waals surface area contributed by atoms with Gasteiger partial charge in [-0.15, -0.1) is 0 Å². The third kappa shape index (κ3) is 2.93. The summed E-state index contributed by atoms with van der Waals surface area (Å²) in [5, 5.41) is 4.21. The van der Waals surface area contributed by atoms with Crippen LogP contribution in [0, 0.1) is 5.82 Å². The Labute approximate surface area is 116 Å². The van der Waals surface area contributed by atoms with Gasteiger partial charge in [0.15, 0.2) is 0 Å². The summed E-state index contributed by atoms with van der Waals surface area (Å²) in [6.45, 7) is 4.01. The number of hydrogen-bond donors (Lipinski definition) is 1. The van der Waals surface area contributed by atoms with E-state index in [1.54, 1.807) is 16.8 Å². The maximum absolute atomic E-state index is 13.9. The van der Waals surface area contributed by atoms with Crippen molar-refractivity contribution in [3.63, 3.8) is 0 Å². The highest BCUT2D eigenvalue weighted by Crippen LogP contribution is 2.24. The molecule has 4 nitrogen and oxygen atoms in total. The zero-order valence-corrected chi connectivity index (χ0v) is 11.6. The van der Waals surface area contributed by atoms with Crippen LogP contribution in [0.3, 0.4) is 0 Å². The first-order valence-corrected chi connectivity index (χ1v) is 6.46. The lowest BCUT2D eigenvalue weighted by Gasteiger charge is -2.15. The van der Waals surface area contributed by atoms with Crippen LogP contribution in [0.15, 0.2) is 24.5 Å². The SMILES string of the molecule is CC(C)n1ncnc1CC(N)c1cccc(Cl)c1F. The first kappa shape index (κ1) is 14.0. The van der Waals surface area contributed by atoms with Crippen molar-refractivity contribution in [1.82, 2.24) is 14.8 Å². The normalized spacial score (nSPS) is 12.9. The molecule has 0 saturated heterocycles. The van der Waals surface area contributed by atoms with Gasteiger partial charge in [-0.05, 0) is 19.9 Å². The topological polar surface area (TPSA) is 56.7 Å². The van der Waals surface area contributed by atoms with Crippen molar-refractivity contribution in [2.24, 2.45) is 5.73 Å². The molecule has 6 heteroatoms. The zero-order valence-electron chi connectivity index (χ0n) is 10.8. The molecule has 0 amide bonds. The van der Waals surface area contributed by atoms with Crippen LogP contribution in [-0.2, 0) is 6.42 Å². The van der Waals surface area contributed by atoms with E-state index in [0.717, 1.165) is 5.82 Å². The molecule has 1 aromatic heterocycles. The fourth-order valence-corrected chi connectivity index (χ4v) is 2.15. The van der Waals surface area contributed by atoms with Crippen molar-refractivity contribution in [3.05, 3.63) is 46.8 Å². The summed E-state index contributed by atoms with van der Waals surface area (Å²) >= 11 is 5.76. The zero-order chi connectivity index (χ0) is 14.0. The number of rotatable bonds is 4. The molecular formula is C13H16ClFN4. The molecule has 19 heavy (non-hydrogen) atoms. The number of aromatic nitrogens is 3. The highest BCUT2D eigenvalue weighted by Gasteiger charge is 2.17. The molecule has 102 valence electrons. The summed E-state index contributed by atoms with van der Waals surface area (Å²) in [6.07, 6.45) is 1.89. The Bertz CT molecular complexity index is 568. The summed E-state index contributed by atoms with van der Waals surface area (Å²) < 4.78 is 15.7.